The number of sulfonamides is 2. The first kappa shape index (κ1) is 18.1. The third-order valence-electron chi connectivity index (χ3n) is 4.19. The lowest BCUT2D eigenvalue weighted by Gasteiger charge is -2.18. The number of benzene rings is 1. The van der Waals surface area contributed by atoms with Gasteiger partial charge >= 0.3 is 0 Å². The summed E-state index contributed by atoms with van der Waals surface area (Å²) in [7, 11) is -5.83. The van der Waals surface area contributed by atoms with E-state index in [1.165, 1.54) is 41.9 Å². The van der Waals surface area contributed by atoms with Crippen molar-refractivity contribution in [3.05, 3.63) is 48.4 Å². The predicted octanol–water partition coefficient (Wildman–Crippen LogP) is 1.88. The Hall–Kier alpha value is -1.68. The summed E-state index contributed by atoms with van der Waals surface area (Å²) in [6.07, 6.45) is 3.18. The zero-order valence-electron chi connectivity index (χ0n) is 13.8. The molecule has 0 unspecified atom stereocenters. The van der Waals surface area contributed by atoms with E-state index in [-0.39, 0.29) is 16.3 Å². The molecule has 0 aliphatic carbocycles. The van der Waals surface area contributed by atoms with E-state index in [0.717, 1.165) is 17.1 Å². The molecular formula is C16H20N2O5S2. The molecule has 0 atom stereocenters. The molecule has 1 fully saturated rings. The summed E-state index contributed by atoms with van der Waals surface area (Å²) in [5, 5.41) is 0. The molecule has 1 aromatic carbocycles. The SMILES string of the molecule is CN(Cc1ccco1)S(=O)(=O)c1ccc(S(=O)(=O)N2CCCC2)cc1. The molecule has 1 aliphatic heterocycles. The standard InChI is InChI=1S/C16H20N2O5S2/c1-17(13-14-5-4-12-23-14)24(19,20)15-6-8-16(9-7-15)25(21,22)18-10-2-3-11-18/h4-9,12H,2-3,10-11,13H2,1H3. The first-order valence-electron chi connectivity index (χ1n) is 7.91. The van der Waals surface area contributed by atoms with Crippen LogP contribution in [-0.4, -0.2) is 45.6 Å². The van der Waals surface area contributed by atoms with Gasteiger partial charge in [-0.3, -0.25) is 0 Å². The topological polar surface area (TPSA) is 87.9 Å². The van der Waals surface area contributed by atoms with Crippen molar-refractivity contribution in [2.24, 2.45) is 0 Å². The Kier molecular flexibility index (Phi) is 5.01. The van der Waals surface area contributed by atoms with Gasteiger partial charge in [0.25, 0.3) is 0 Å². The van der Waals surface area contributed by atoms with E-state index >= 15 is 0 Å². The van der Waals surface area contributed by atoms with E-state index < -0.39 is 20.0 Å². The van der Waals surface area contributed by atoms with Crippen molar-refractivity contribution in [3.8, 4) is 0 Å². The lowest BCUT2D eigenvalue weighted by Crippen LogP contribution is -2.28. The minimum absolute atomic E-state index is 0.0435. The van der Waals surface area contributed by atoms with Crippen molar-refractivity contribution in [2.75, 3.05) is 20.1 Å². The maximum atomic E-state index is 12.6. The summed E-state index contributed by atoms with van der Waals surface area (Å²) in [6.45, 7) is 1.12. The van der Waals surface area contributed by atoms with Gasteiger partial charge in [0.1, 0.15) is 5.76 Å². The van der Waals surface area contributed by atoms with E-state index in [1.54, 1.807) is 12.1 Å². The highest BCUT2D eigenvalue weighted by molar-refractivity contribution is 7.89. The summed E-state index contributed by atoms with van der Waals surface area (Å²) in [4.78, 5) is 0.156. The van der Waals surface area contributed by atoms with Gasteiger partial charge in [0.15, 0.2) is 0 Å². The van der Waals surface area contributed by atoms with Gasteiger partial charge in [-0.05, 0) is 49.2 Å². The molecule has 1 aliphatic rings. The number of hydrogen-bond donors (Lipinski definition) is 0. The summed E-state index contributed by atoms with van der Waals surface area (Å²) < 4.78 is 57.9. The lowest BCUT2D eigenvalue weighted by atomic mass is 10.4. The van der Waals surface area contributed by atoms with Crippen LogP contribution in [0.5, 0.6) is 0 Å². The quantitative estimate of drug-likeness (QED) is 0.759. The zero-order chi connectivity index (χ0) is 18.1. The normalized spacial score (nSPS) is 16.6. The van der Waals surface area contributed by atoms with Crippen LogP contribution in [-0.2, 0) is 26.6 Å². The molecule has 2 aromatic rings. The average molecular weight is 384 g/mol. The second-order valence-corrected chi connectivity index (χ2v) is 9.91. The van der Waals surface area contributed by atoms with Crippen LogP contribution in [0.1, 0.15) is 18.6 Å². The highest BCUT2D eigenvalue weighted by Gasteiger charge is 2.28. The minimum Gasteiger partial charge on any atom is -0.468 e. The zero-order valence-corrected chi connectivity index (χ0v) is 15.5. The Labute approximate surface area is 148 Å². The Balaban J connectivity index is 1.81. The van der Waals surface area contributed by atoms with Gasteiger partial charge in [0.2, 0.25) is 20.0 Å². The van der Waals surface area contributed by atoms with E-state index in [0.29, 0.717) is 18.8 Å². The molecule has 0 saturated carbocycles. The fourth-order valence-electron chi connectivity index (χ4n) is 2.75. The van der Waals surface area contributed by atoms with Crippen molar-refractivity contribution >= 4 is 20.0 Å². The van der Waals surface area contributed by atoms with Gasteiger partial charge in [0, 0.05) is 20.1 Å². The lowest BCUT2D eigenvalue weighted by molar-refractivity contribution is 0.406. The molecule has 25 heavy (non-hydrogen) atoms. The summed E-state index contributed by atoms with van der Waals surface area (Å²) >= 11 is 0. The summed E-state index contributed by atoms with van der Waals surface area (Å²) in [5.74, 6) is 0.527. The van der Waals surface area contributed by atoms with Gasteiger partial charge in [0.05, 0.1) is 22.6 Å². The Morgan fingerprint density at radius 2 is 1.60 bits per heavy atom. The van der Waals surface area contributed by atoms with Crippen LogP contribution in [0.15, 0.2) is 56.9 Å². The van der Waals surface area contributed by atoms with Crippen LogP contribution in [0.4, 0.5) is 0 Å². The molecule has 1 aromatic heterocycles. The fraction of sp³-hybridized carbons (Fsp3) is 0.375. The van der Waals surface area contributed by atoms with Gasteiger partial charge in [-0.2, -0.15) is 8.61 Å². The van der Waals surface area contributed by atoms with Crippen molar-refractivity contribution in [1.82, 2.24) is 8.61 Å². The Bertz CT molecular complexity index is 913. The first-order valence-corrected chi connectivity index (χ1v) is 10.8. The highest BCUT2D eigenvalue weighted by Crippen LogP contribution is 2.23. The maximum Gasteiger partial charge on any atom is 0.243 e. The molecule has 1 saturated heterocycles. The molecule has 136 valence electrons. The molecule has 3 rings (SSSR count). The van der Waals surface area contributed by atoms with E-state index in [2.05, 4.69) is 0 Å². The van der Waals surface area contributed by atoms with Crippen LogP contribution in [0.25, 0.3) is 0 Å². The van der Waals surface area contributed by atoms with Crippen molar-refractivity contribution in [3.63, 3.8) is 0 Å². The largest absolute Gasteiger partial charge is 0.468 e. The predicted molar refractivity (Wildman–Crippen MR) is 91.8 cm³/mol. The molecule has 0 radical (unpaired) electrons. The number of furan rings is 1. The molecule has 0 bridgehead atoms. The number of hydrogen-bond acceptors (Lipinski definition) is 5. The van der Waals surface area contributed by atoms with Gasteiger partial charge in [-0.25, -0.2) is 16.8 Å². The van der Waals surface area contributed by atoms with Gasteiger partial charge in [-0.1, -0.05) is 0 Å². The fourth-order valence-corrected chi connectivity index (χ4v) is 5.40. The monoisotopic (exact) mass is 384 g/mol. The first-order chi connectivity index (χ1) is 11.8. The molecule has 2 heterocycles. The summed E-state index contributed by atoms with van der Waals surface area (Å²) in [5.41, 5.74) is 0. The average Bonchev–Trinajstić information content (AvgIpc) is 3.28. The third-order valence-corrected chi connectivity index (χ3v) is 7.92. The Morgan fingerprint density at radius 3 is 2.16 bits per heavy atom. The smallest absolute Gasteiger partial charge is 0.243 e. The van der Waals surface area contributed by atoms with Gasteiger partial charge in [-0.15, -0.1) is 0 Å². The molecule has 0 amide bonds. The van der Waals surface area contributed by atoms with Crippen LogP contribution >= 0.6 is 0 Å². The third kappa shape index (κ3) is 3.64. The Morgan fingerprint density at radius 1 is 1.00 bits per heavy atom. The van der Waals surface area contributed by atoms with Crippen LogP contribution in [0.2, 0.25) is 0 Å². The summed E-state index contributed by atoms with van der Waals surface area (Å²) in [6, 6.07) is 8.74. The van der Waals surface area contributed by atoms with Crippen molar-refractivity contribution in [1.29, 1.82) is 0 Å². The van der Waals surface area contributed by atoms with E-state index in [1.807, 2.05) is 0 Å². The molecular weight excluding hydrogens is 364 g/mol. The number of nitrogens with zero attached hydrogens (tertiary/aromatic N) is 2. The van der Waals surface area contributed by atoms with Crippen molar-refractivity contribution < 1.29 is 21.3 Å². The van der Waals surface area contributed by atoms with E-state index in [9.17, 15) is 16.8 Å². The number of rotatable bonds is 6. The van der Waals surface area contributed by atoms with Crippen LogP contribution < -0.4 is 0 Å². The van der Waals surface area contributed by atoms with Gasteiger partial charge < -0.3 is 4.42 Å². The van der Waals surface area contributed by atoms with E-state index in [4.69, 9.17) is 4.42 Å². The molecule has 0 N–H and O–H groups in total. The second kappa shape index (κ2) is 6.91. The minimum atomic E-state index is -3.73. The van der Waals surface area contributed by atoms with Crippen LogP contribution in [0, 0.1) is 0 Å². The molecule has 9 heteroatoms. The van der Waals surface area contributed by atoms with Crippen LogP contribution in [0.3, 0.4) is 0 Å². The van der Waals surface area contributed by atoms with Crippen molar-refractivity contribution in [2.45, 2.75) is 29.2 Å². The second-order valence-electron chi connectivity index (χ2n) is 5.92. The maximum absolute atomic E-state index is 12.6. The highest BCUT2D eigenvalue weighted by atomic mass is 32.2. The molecule has 7 nitrogen and oxygen atoms in total. The molecule has 0 spiro atoms.